The van der Waals surface area contributed by atoms with Crippen molar-refractivity contribution in [3.8, 4) is 0 Å². The van der Waals surface area contributed by atoms with E-state index < -0.39 is 16.8 Å². The maximum Gasteiger partial charge on any atom is 0.242 e. The normalized spacial score (nSPS) is 12.3. The number of fused-ring (bicyclic) bond motifs is 3. The smallest absolute Gasteiger partial charge is 0.242 e. The summed E-state index contributed by atoms with van der Waals surface area (Å²) in [5.41, 5.74) is 1.21. The van der Waals surface area contributed by atoms with Crippen molar-refractivity contribution >= 4 is 32.0 Å². The SMILES string of the molecule is O=S(=O)(NCO)c1ccc2c(c1)oc1ccccc12. The van der Waals surface area contributed by atoms with Crippen LogP contribution in [-0.4, -0.2) is 20.3 Å². The summed E-state index contributed by atoms with van der Waals surface area (Å²) in [4.78, 5) is 0.0631. The number of aliphatic hydroxyl groups is 1. The third-order valence-corrected chi connectivity index (χ3v) is 4.30. The molecule has 19 heavy (non-hydrogen) atoms. The molecule has 3 rings (SSSR count). The van der Waals surface area contributed by atoms with E-state index in [0.717, 1.165) is 10.8 Å². The van der Waals surface area contributed by atoms with E-state index in [4.69, 9.17) is 9.52 Å². The van der Waals surface area contributed by atoms with E-state index in [1.54, 1.807) is 6.07 Å². The summed E-state index contributed by atoms with van der Waals surface area (Å²) in [7, 11) is -3.70. The number of rotatable bonds is 3. The third kappa shape index (κ3) is 1.99. The second-order valence-corrected chi connectivity index (χ2v) is 5.83. The van der Waals surface area contributed by atoms with Crippen molar-refractivity contribution in [2.75, 3.05) is 6.73 Å². The summed E-state index contributed by atoms with van der Waals surface area (Å²) < 4.78 is 31.2. The second-order valence-electron chi connectivity index (χ2n) is 4.06. The average molecular weight is 277 g/mol. The van der Waals surface area contributed by atoms with Crippen LogP contribution in [0, 0.1) is 0 Å². The number of aliphatic hydroxyl groups excluding tert-OH is 1. The first-order valence-electron chi connectivity index (χ1n) is 5.63. The summed E-state index contributed by atoms with van der Waals surface area (Å²) in [6.45, 7) is -0.638. The van der Waals surface area contributed by atoms with Crippen molar-refractivity contribution in [1.29, 1.82) is 0 Å². The van der Waals surface area contributed by atoms with Crippen LogP contribution in [0.4, 0.5) is 0 Å². The Morgan fingerprint density at radius 2 is 1.79 bits per heavy atom. The zero-order valence-electron chi connectivity index (χ0n) is 9.83. The van der Waals surface area contributed by atoms with E-state index >= 15 is 0 Å². The standard InChI is InChI=1S/C13H11NO4S/c15-8-14-19(16,17)9-5-6-11-10-3-1-2-4-12(10)18-13(11)7-9/h1-7,14-15H,8H2. The topological polar surface area (TPSA) is 79.5 Å². The van der Waals surface area contributed by atoms with Gasteiger partial charge in [0.05, 0.1) is 4.90 Å². The van der Waals surface area contributed by atoms with Gasteiger partial charge in [-0.15, -0.1) is 0 Å². The molecule has 1 heterocycles. The van der Waals surface area contributed by atoms with E-state index in [9.17, 15) is 8.42 Å². The van der Waals surface area contributed by atoms with Crippen LogP contribution in [0.2, 0.25) is 0 Å². The zero-order valence-corrected chi connectivity index (χ0v) is 10.6. The summed E-state index contributed by atoms with van der Waals surface area (Å²) in [5.74, 6) is 0. The molecule has 6 heteroatoms. The molecule has 0 fully saturated rings. The summed E-state index contributed by atoms with van der Waals surface area (Å²) in [6, 6.07) is 12.1. The fourth-order valence-electron chi connectivity index (χ4n) is 2.04. The Balaban J connectivity index is 2.24. The molecule has 0 spiro atoms. The highest BCUT2D eigenvalue weighted by Crippen LogP contribution is 2.29. The van der Waals surface area contributed by atoms with Gasteiger partial charge in [-0.1, -0.05) is 18.2 Å². The number of nitrogens with one attached hydrogen (secondary N) is 1. The molecule has 0 bridgehead atoms. The predicted molar refractivity (Wildman–Crippen MR) is 71.1 cm³/mol. The number of para-hydroxylation sites is 1. The molecule has 1 aromatic heterocycles. The summed E-state index contributed by atoms with van der Waals surface area (Å²) in [6.07, 6.45) is 0. The van der Waals surface area contributed by atoms with Gasteiger partial charge < -0.3 is 9.52 Å². The molecule has 2 N–H and O–H groups in total. The molecule has 5 nitrogen and oxygen atoms in total. The van der Waals surface area contributed by atoms with Gasteiger partial charge in [0.2, 0.25) is 10.0 Å². The number of hydrogen-bond acceptors (Lipinski definition) is 4. The highest BCUT2D eigenvalue weighted by molar-refractivity contribution is 7.89. The third-order valence-electron chi connectivity index (χ3n) is 2.92. The lowest BCUT2D eigenvalue weighted by Crippen LogP contribution is -2.24. The number of furan rings is 1. The summed E-state index contributed by atoms with van der Waals surface area (Å²) >= 11 is 0. The van der Waals surface area contributed by atoms with Gasteiger partial charge in [-0.05, 0) is 18.2 Å². The number of sulfonamides is 1. The van der Waals surface area contributed by atoms with E-state index in [1.807, 2.05) is 29.0 Å². The molecule has 3 aromatic rings. The van der Waals surface area contributed by atoms with Crippen LogP contribution in [0.1, 0.15) is 0 Å². The van der Waals surface area contributed by atoms with Crippen molar-refractivity contribution in [2.24, 2.45) is 0 Å². The maximum atomic E-state index is 11.8. The molecule has 0 saturated heterocycles. The first kappa shape index (κ1) is 12.2. The minimum Gasteiger partial charge on any atom is -0.456 e. The molecule has 0 atom stereocenters. The molecule has 98 valence electrons. The predicted octanol–water partition coefficient (Wildman–Crippen LogP) is 1.81. The molecule has 2 aromatic carbocycles. The Labute approximate surface area is 109 Å². The van der Waals surface area contributed by atoms with Crippen molar-refractivity contribution in [1.82, 2.24) is 4.72 Å². The van der Waals surface area contributed by atoms with Crippen molar-refractivity contribution in [3.05, 3.63) is 42.5 Å². The fraction of sp³-hybridized carbons (Fsp3) is 0.0769. The van der Waals surface area contributed by atoms with Crippen LogP contribution in [0.5, 0.6) is 0 Å². The lowest BCUT2D eigenvalue weighted by molar-refractivity contribution is 0.288. The Bertz CT molecular complexity index is 851. The Hall–Kier alpha value is -1.89. The molecule has 0 aliphatic rings. The van der Waals surface area contributed by atoms with Gasteiger partial charge >= 0.3 is 0 Å². The minimum atomic E-state index is -3.70. The maximum absolute atomic E-state index is 11.8. The monoisotopic (exact) mass is 277 g/mol. The summed E-state index contributed by atoms with van der Waals surface area (Å²) in [5, 5.41) is 10.5. The number of hydrogen-bond donors (Lipinski definition) is 2. The largest absolute Gasteiger partial charge is 0.456 e. The van der Waals surface area contributed by atoms with Crippen molar-refractivity contribution < 1.29 is 17.9 Å². The van der Waals surface area contributed by atoms with E-state index in [-0.39, 0.29) is 4.90 Å². The Morgan fingerprint density at radius 1 is 1.05 bits per heavy atom. The zero-order chi connectivity index (χ0) is 13.5. The molecule has 0 aliphatic heterocycles. The minimum absolute atomic E-state index is 0.0631. The van der Waals surface area contributed by atoms with Crippen LogP contribution in [0.25, 0.3) is 21.9 Å². The highest BCUT2D eigenvalue weighted by atomic mass is 32.2. The van der Waals surface area contributed by atoms with Crippen molar-refractivity contribution in [3.63, 3.8) is 0 Å². The van der Waals surface area contributed by atoms with E-state index in [2.05, 4.69) is 0 Å². The fourth-order valence-corrected chi connectivity index (χ4v) is 2.89. The van der Waals surface area contributed by atoms with Gasteiger partial charge in [0.1, 0.15) is 17.9 Å². The van der Waals surface area contributed by atoms with Crippen LogP contribution < -0.4 is 4.72 Å². The highest BCUT2D eigenvalue weighted by Gasteiger charge is 2.15. The quantitative estimate of drug-likeness (QED) is 0.716. The molecule has 0 saturated carbocycles. The lowest BCUT2D eigenvalue weighted by atomic mass is 10.2. The van der Waals surface area contributed by atoms with Crippen LogP contribution in [0.15, 0.2) is 51.8 Å². The first-order chi connectivity index (χ1) is 9.12. The van der Waals surface area contributed by atoms with E-state index in [0.29, 0.717) is 11.2 Å². The van der Waals surface area contributed by atoms with Gasteiger partial charge in [0, 0.05) is 16.8 Å². The molecule has 0 amide bonds. The molecular formula is C13H11NO4S. The van der Waals surface area contributed by atoms with Crippen LogP contribution >= 0.6 is 0 Å². The van der Waals surface area contributed by atoms with Gasteiger partial charge in [-0.25, -0.2) is 8.42 Å². The average Bonchev–Trinajstić information content (AvgIpc) is 2.76. The van der Waals surface area contributed by atoms with Crippen LogP contribution in [0.3, 0.4) is 0 Å². The Morgan fingerprint density at radius 3 is 2.58 bits per heavy atom. The molecular weight excluding hydrogens is 266 g/mol. The van der Waals surface area contributed by atoms with Gasteiger partial charge in [-0.2, -0.15) is 4.72 Å². The van der Waals surface area contributed by atoms with Gasteiger partial charge in [-0.3, -0.25) is 0 Å². The second kappa shape index (κ2) is 4.34. The van der Waals surface area contributed by atoms with Gasteiger partial charge in [0.25, 0.3) is 0 Å². The van der Waals surface area contributed by atoms with Crippen molar-refractivity contribution in [2.45, 2.75) is 4.90 Å². The van der Waals surface area contributed by atoms with E-state index in [1.165, 1.54) is 12.1 Å². The molecule has 0 unspecified atom stereocenters. The first-order valence-corrected chi connectivity index (χ1v) is 7.12. The Kier molecular flexibility index (Phi) is 2.78. The number of benzene rings is 2. The van der Waals surface area contributed by atoms with Crippen LogP contribution in [-0.2, 0) is 10.0 Å². The molecule has 0 aliphatic carbocycles. The lowest BCUT2D eigenvalue weighted by Gasteiger charge is -2.03. The van der Waals surface area contributed by atoms with Gasteiger partial charge in [0.15, 0.2) is 0 Å². The molecule has 0 radical (unpaired) electrons.